The van der Waals surface area contributed by atoms with Gasteiger partial charge in [0, 0.05) is 32.9 Å². The quantitative estimate of drug-likeness (QED) is 0.156. The summed E-state index contributed by atoms with van der Waals surface area (Å²) in [5.74, 6) is 0. The van der Waals surface area contributed by atoms with E-state index in [0.717, 1.165) is 0 Å². The van der Waals surface area contributed by atoms with Gasteiger partial charge < -0.3 is 9.13 Å². The first kappa shape index (κ1) is 44.1. The average molecular weight is 909 g/mol. The first-order chi connectivity index (χ1) is 33.2. The van der Waals surface area contributed by atoms with Crippen molar-refractivity contribution in [2.45, 2.75) is 105 Å². The Labute approximate surface area is 413 Å². The molecule has 12 rings (SSSR count). The number of rotatable bonds is 4. The highest BCUT2D eigenvalue weighted by atomic mass is 15.0. The molecule has 346 valence electrons. The van der Waals surface area contributed by atoms with Crippen molar-refractivity contribution < 1.29 is 0 Å². The molecule has 2 nitrogen and oxygen atoms in total. The van der Waals surface area contributed by atoms with Gasteiger partial charge in [-0.15, -0.1) is 0 Å². The van der Waals surface area contributed by atoms with Crippen LogP contribution in [0.4, 0.5) is 0 Å². The van der Waals surface area contributed by atoms with Crippen LogP contribution in [-0.4, -0.2) is 9.13 Å². The van der Waals surface area contributed by atoms with Gasteiger partial charge in [0.2, 0.25) is 0 Å². The minimum Gasteiger partial charge on any atom is -0.309 e. The maximum absolute atomic E-state index is 2.47. The standard InChI is InChI=1S/C68H64N2/c1-65(2,3)49-23-27-59-55(37-49)56-38-50(66(4,5)6)24-28-60(56)69(59)53-17-13-15-41(35-53)47-31-43-19-21-45-33-48(34-46-22-20-44(32-47)63(43)64(45)46)42-16-14-18-54(36-42)70-61-29-25-51(67(7,8)9)39-57(61)58-40-52(68(10,11)12)26-30-62(58)70/h13-40H,1-12H3. The summed E-state index contributed by atoms with van der Waals surface area (Å²) in [6, 6.07) is 65.6. The zero-order chi connectivity index (χ0) is 48.8. The first-order valence-corrected chi connectivity index (χ1v) is 25.3. The van der Waals surface area contributed by atoms with E-state index < -0.39 is 0 Å². The Morgan fingerprint density at radius 1 is 0.257 bits per heavy atom. The third-order valence-electron chi connectivity index (χ3n) is 15.4. The lowest BCUT2D eigenvalue weighted by molar-refractivity contribution is 0.590. The summed E-state index contributed by atoms with van der Waals surface area (Å²) in [6.07, 6.45) is 0. The van der Waals surface area contributed by atoms with Crippen molar-refractivity contribution in [3.8, 4) is 33.6 Å². The van der Waals surface area contributed by atoms with Crippen LogP contribution in [0.3, 0.4) is 0 Å². The topological polar surface area (TPSA) is 9.86 Å². The summed E-state index contributed by atoms with van der Waals surface area (Å²) < 4.78 is 4.94. The summed E-state index contributed by atoms with van der Waals surface area (Å²) >= 11 is 0. The van der Waals surface area contributed by atoms with Gasteiger partial charge in [-0.05, 0) is 196 Å². The smallest absolute Gasteiger partial charge is 0.0541 e. The molecule has 0 aliphatic heterocycles. The van der Waals surface area contributed by atoms with Crippen molar-refractivity contribution in [1.29, 1.82) is 0 Å². The van der Waals surface area contributed by atoms with Gasteiger partial charge in [-0.1, -0.05) is 156 Å². The number of benzene rings is 10. The van der Waals surface area contributed by atoms with E-state index in [-0.39, 0.29) is 21.7 Å². The van der Waals surface area contributed by atoms with Crippen molar-refractivity contribution in [3.63, 3.8) is 0 Å². The molecule has 0 N–H and O–H groups in total. The van der Waals surface area contributed by atoms with E-state index in [0.29, 0.717) is 0 Å². The third kappa shape index (κ3) is 7.13. The summed E-state index contributed by atoms with van der Waals surface area (Å²) in [6.45, 7) is 27.7. The molecular formula is C68H64N2. The summed E-state index contributed by atoms with van der Waals surface area (Å²) in [4.78, 5) is 0. The lowest BCUT2D eigenvalue weighted by atomic mass is 9.85. The van der Waals surface area contributed by atoms with Gasteiger partial charge >= 0.3 is 0 Å². The molecule has 0 unspecified atom stereocenters. The molecule has 0 atom stereocenters. The van der Waals surface area contributed by atoms with Crippen LogP contribution in [-0.2, 0) is 21.7 Å². The fraction of sp³-hybridized carbons (Fsp3) is 0.235. The van der Waals surface area contributed by atoms with Crippen LogP contribution >= 0.6 is 0 Å². The Bertz CT molecular complexity index is 3610. The Balaban J connectivity index is 0.943. The Kier molecular flexibility index (Phi) is 9.55. The van der Waals surface area contributed by atoms with Crippen LogP contribution < -0.4 is 0 Å². The van der Waals surface area contributed by atoms with Gasteiger partial charge in [0.15, 0.2) is 0 Å². The van der Waals surface area contributed by atoms with E-state index in [4.69, 9.17) is 0 Å². The van der Waals surface area contributed by atoms with Crippen LogP contribution in [0.1, 0.15) is 105 Å². The minimum absolute atomic E-state index is 0.0549. The SMILES string of the molecule is CC(C)(C)c1ccc2c(c1)c1cc(C(C)(C)C)ccc1n2-c1cccc(-c2cc3ccc4cc(-c5cccc(-n6c7ccc(C(C)(C)C)cc7c7cc(C(C)(C)C)ccc76)c5)cc5ccc(c2)c3c45)c1. The maximum Gasteiger partial charge on any atom is 0.0541 e. The van der Waals surface area contributed by atoms with E-state index in [1.165, 1.54) is 132 Å². The monoisotopic (exact) mass is 909 g/mol. The Morgan fingerprint density at radius 2 is 0.529 bits per heavy atom. The van der Waals surface area contributed by atoms with E-state index in [1.807, 2.05) is 0 Å². The zero-order valence-electron chi connectivity index (χ0n) is 43.1. The first-order valence-electron chi connectivity index (χ1n) is 25.3. The zero-order valence-corrected chi connectivity index (χ0v) is 43.1. The third-order valence-corrected chi connectivity index (χ3v) is 15.4. The normalized spacial score (nSPS) is 13.1. The number of fused-ring (bicyclic) bond motifs is 6. The van der Waals surface area contributed by atoms with Gasteiger partial charge in [-0.2, -0.15) is 0 Å². The highest BCUT2D eigenvalue weighted by molar-refractivity contribution is 6.24. The number of nitrogens with zero attached hydrogens (tertiary/aromatic N) is 2. The fourth-order valence-corrected chi connectivity index (χ4v) is 11.3. The molecule has 2 heterocycles. The summed E-state index contributed by atoms with van der Waals surface area (Å²) in [5.41, 5.74) is 17.8. The molecular weight excluding hydrogens is 845 g/mol. The number of aromatic nitrogens is 2. The Hall–Kier alpha value is -7.16. The van der Waals surface area contributed by atoms with Gasteiger partial charge in [0.25, 0.3) is 0 Å². The van der Waals surface area contributed by atoms with E-state index >= 15 is 0 Å². The van der Waals surface area contributed by atoms with Crippen LogP contribution in [0.2, 0.25) is 0 Å². The van der Waals surface area contributed by atoms with Crippen molar-refractivity contribution >= 4 is 75.9 Å². The van der Waals surface area contributed by atoms with E-state index in [2.05, 4.69) is 262 Å². The molecule has 0 saturated heterocycles. The molecule has 2 heteroatoms. The Morgan fingerprint density at radius 3 is 0.786 bits per heavy atom. The second kappa shape index (κ2) is 15.2. The van der Waals surface area contributed by atoms with Crippen molar-refractivity contribution in [2.75, 3.05) is 0 Å². The van der Waals surface area contributed by atoms with Gasteiger partial charge in [0.1, 0.15) is 0 Å². The second-order valence-electron chi connectivity index (χ2n) is 24.4. The van der Waals surface area contributed by atoms with Gasteiger partial charge in [-0.3, -0.25) is 0 Å². The van der Waals surface area contributed by atoms with Gasteiger partial charge in [-0.25, -0.2) is 0 Å². The van der Waals surface area contributed by atoms with Crippen molar-refractivity contribution in [2.24, 2.45) is 0 Å². The molecule has 0 fully saturated rings. The molecule has 2 aromatic heterocycles. The lowest BCUT2D eigenvalue weighted by Gasteiger charge is -2.19. The van der Waals surface area contributed by atoms with Crippen LogP contribution in [0.15, 0.2) is 170 Å². The molecule has 0 aliphatic rings. The molecule has 0 amide bonds. The summed E-state index contributed by atoms with van der Waals surface area (Å²) in [5, 5.41) is 13.0. The van der Waals surface area contributed by atoms with Crippen LogP contribution in [0.25, 0.3) is 110 Å². The van der Waals surface area contributed by atoms with Crippen molar-refractivity contribution in [1.82, 2.24) is 9.13 Å². The van der Waals surface area contributed by atoms with E-state index in [9.17, 15) is 0 Å². The molecule has 0 saturated carbocycles. The molecule has 12 aromatic rings. The fourth-order valence-electron chi connectivity index (χ4n) is 11.3. The number of hydrogen-bond donors (Lipinski definition) is 0. The molecule has 0 radical (unpaired) electrons. The van der Waals surface area contributed by atoms with E-state index in [1.54, 1.807) is 0 Å². The predicted molar refractivity (Wildman–Crippen MR) is 304 cm³/mol. The average Bonchev–Trinajstić information content (AvgIpc) is 3.83. The van der Waals surface area contributed by atoms with Crippen LogP contribution in [0.5, 0.6) is 0 Å². The minimum atomic E-state index is 0.0549. The highest BCUT2D eigenvalue weighted by Crippen LogP contribution is 2.43. The highest BCUT2D eigenvalue weighted by Gasteiger charge is 2.24. The predicted octanol–water partition coefficient (Wildman–Crippen LogP) is 19.3. The van der Waals surface area contributed by atoms with Crippen molar-refractivity contribution in [3.05, 3.63) is 192 Å². The lowest BCUT2D eigenvalue weighted by Crippen LogP contribution is -2.10. The second-order valence-corrected chi connectivity index (χ2v) is 24.4. The number of hydrogen-bond acceptors (Lipinski definition) is 0. The summed E-state index contributed by atoms with van der Waals surface area (Å²) in [7, 11) is 0. The molecule has 0 spiro atoms. The van der Waals surface area contributed by atoms with Crippen LogP contribution in [0, 0.1) is 0 Å². The molecule has 0 bridgehead atoms. The molecule has 10 aromatic carbocycles. The maximum atomic E-state index is 2.47. The van der Waals surface area contributed by atoms with Gasteiger partial charge in [0.05, 0.1) is 22.1 Å². The largest absolute Gasteiger partial charge is 0.309 e. The molecule has 70 heavy (non-hydrogen) atoms. The molecule has 0 aliphatic carbocycles.